The number of aromatic nitrogens is 3. The van der Waals surface area contributed by atoms with Crippen LogP contribution in [0.2, 0.25) is 0 Å². The lowest BCUT2D eigenvalue weighted by Crippen LogP contribution is -2.05. The zero-order valence-corrected chi connectivity index (χ0v) is 7.94. The number of benzene rings is 1. The molecule has 7 nitrogen and oxygen atoms in total. The maximum Gasteiger partial charge on any atom is 0.298 e. The van der Waals surface area contributed by atoms with Crippen LogP contribution in [-0.4, -0.2) is 19.9 Å². The van der Waals surface area contributed by atoms with Gasteiger partial charge >= 0.3 is 0 Å². The molecule has 0 radical (unpaired) electrons. The summed E-state index contributed by atoms with van der Waals surface area (Å²) < 4.78 is 0. The van der Waals surface area contributed by atoms with Crippen molar-refractivity contribution in [2.75, 3.05) is 0 Å². The second kappa shape index (κ2) is 3.78. The Hall–Kier alpha value is -2.75. The molecule has 0 amide bonds. The van der Waals surface area contributed by atoms with Crippen LogP contribution in [0.15, 0.2) is 30.6 Å². The third-order valence-corrected chi connectivity index (χ3v) is 1.95. The van der Waals surface area contributed by atoms with Crippen LogP contribution in [-0.2, 0) is 0 Å². The van der Waals surface area contributed by atoms with Crippen LogP contribution in [0.1, 0.15) is 5.56 Å². The Kier molecular flexibility index (Phi) is 2.31. The largest absolute Gasteiger partial charge is 0.298 e. The summed E-state index contributed by atoms with van der Waals surface area (Å²) >= 11 is 0. The van der Waals surface area contributed by atoms with Gasteiger partial charge in [-0.25, -0.2) is 0 Å². The molecule has 1 aromatic carbocycles. The van der Waals surface area contributed by atoms with E-state index in [9.17, 15) is 10.1 Å². The van der Waals surface area contributed by atoms with E-state index in [1.54, 1.807) is 0 Å². The first-order chi connectivity index (χ1) is 7.74. The third kappa shape index (κ3) is 1.48. The van der Waals surface area contributed by atoms with Crippen LogP contribution in [0.3, 0.4) is 0 Å². The SMILES string of the molecule is N#Cc1cccc([N+](=O)[O-])c1-n1nccn1. The Balaban J connectivity index is 2.75. The summed E-state index contributed by atoms with van der Waals surface area (Å²) in [6.07, 6.45) is 2.77. The molecule has 0 unspecified atom stereocenters. The molecule has 0 aliphatic heterocycles. The molecule has 2 aromatic rings. The summed E-state index contributed by atoms with van der Waals surface area (Å²) in [5.41, 5.74) is 0.0423. The van der Waals surface area contributed by atoms with E-state index in [0.29, 0.717) is 0 Å². The summed E-state index contributed by atoms with van der Waals surface area (Å²) in [6.45, 7) is 0. The highest BCUT2D eigenvalue weighted by atomic mass is 16.6. The van der Waals surface area contributed by atoms with Crippen molar-refractivity contribution >= 4 is 5.69 Å². The summed E-state index contributed by atoms with van der Waals surface area (Å²) in [5.74, 6) is 0. The number of rotatable bonds is 2. The average Bonchev–Trinajstić information content (AvgIpc) is 2.81. The molecule has 0 atom stereocenters. The van der Waals surface area contributed by atoms with E-state index in [2.05, 4.69) is 10.2 Å². The topological polar surface area (TPSA) is 97.6 Å². The maximum atomic E-state index is 10.8. The molecule has 7 heteroatoms. The van der Waals surface area contributed by atoms with Crippen LogP contribution >= 0.6 is 0 Å². The minimum atomic E-state index is -0.570. The van der Waals surface area contributed by atoms with Crippen molar-refractivity contribution in [1.29, 1.82) is 5.26 Å². The molecule has 78 valence electrons. The molecule has 2 rings (SSSR count). The van der Waals surface area contributed by atoms with Gasteiger partial charge in [0.15, 0.2) is 5.69 Å². The zero-order chi connectivity index (χ0) is 11.5. The van der Waals surface area contributed by atoms with Crippen LogP contribution in [0.5, 0.6) is 0 Å². The minimum absolute atomic E-state index is 0.0833. The van der Waals surface area contributed by atoms with E-state index in [1.807, 2.05) is 6.07 Å². The first kappa shape index (κ1) is 9.79. The van der Waals surface area contributed by atoms with Crippen molar-refractivity contribution in [3.8, 4) is 11.8 Å². The minimum Gasteiger partial charge on any atom is -0.258 e. The fourth-order valence-electron chi connectivity index (χ4n) is 1.31. The lowest BCUT2D eigenvalue weighted by atomic mass is 10.1. The van der Waals surface area contributed by atoms with Gasteiger partial charge in [-0.2, -0.15) is 15.5 Å². The second-order valence-electron chi connectivity index (χ2n) is 2.86. The zero-order valence-electron chi connectivity index (χ0n) is 7.94. The quantitative estimate of drug-likeness (QED) is 0.550. The van der Waals surface area contributed by atoms with Gasteiger partial charge in [0, 0.05) is 6.07 Å². The number of nitro groups is 1. The van der Waals surface area contributed by atoms with Crippen molar-refractivity contribution in [3.63, 3.8) is 0 Å². The second-order valence-corrected chi connectivity index (χ2v) is 2.86. The van der Waals surface area contributed by atoms with Crippen molar-refractivity contribution < 1.29 is 4.92 Å². The van der Waals surface area contributed by atoms with E-state index in [0.717, 1.165) is 4.80 Å². The maximum absolute atomic E-state index is 10.8. The van der Waals surface area contributed by atoms with Gasteiger partial charge in [-0.3, -0.25) is 10.1 Å². The van der Waals surface area contributed by atoms with Crippen molar-refractivity contribution in [3.05, 3.63) is 46.3 Å². The van der Waals surface area contributed by atoms with E-state index in [-0.39, 0.29) is 16.9 Å². The Labute approximate surface area is 89.7 Å². The number of nitriles is 1. The van der Waals surface area contributed by atoms with Crippen LogP contribution in [0.25, 0.3) is 5.69 Å². The van der Waals surface area contributed by atoms with Crippen molar-refractivity contribution in [2.24, 2.45) is 0 Å². The van der Waals surface area contributed by atoms with Gasteiger partial charge in [0.25, 0.3) is 5.69 Å². The molecule has 0 saturated carbocycles. The Morgan fingerprint density at radius 3 is 2.62 bits per heavy atom. The van der Waals surface area contributed by atoms with Crippen LogP contribution < -0.4 is 0 Å². The van der Waals surface area contributed by atoms with Gasteiger partial charge in [0.2, 0.25) is 0 Å². The summed E-state index contributed by atoms with van der Waals surface area (Å²) in [4.78, 5) is 11.3. The van der Waals surface area contributed by atoms with E-state index >= 15 is 0 Å². The summed E-state index contributed by atoms with van der Waals surface area (Å²) in [6, 6.07) is 6.10. The molecule has 0 bridgehead atoms. The molecule has 0 aliphatic carbocycles. The highest BCUT2D eigenvalue weighted by Crippen LogP contribution is 2.24. The number of nitro benzene ring substituents is 1. The summed E-state index contributed by atoms with van der Waals surface area (Å²) in [5, 5.41) is 27.3. The van der Waals surface area contributed by atoms with Gasteiger partial charge in [-0.15, -0.1) is 4.80 Å². The number of nitrogens with zero attached hydrogens (tertiary/aromatic N) is 5. The first-order valence-electron chi connectivity index (χ1n) is 4.28. The molecule has 16 heavy (non-hydrogen) atoms. The number of para-hydroxylation sites is 1. The Bertz CT molecular complexity index is 570. The normalized spacial score (nSPS) is 9.69. The number of hydrogen-bond acceptors (Lipinski definition) is 5. The molecule has 1 aromatic heterocycles. The van der Waals surface area contributed by atoms with Crippen molar-refractivity contribution in [2.45, 2.75) is 0 Å². The van der Waals surface area contributed by atoms with E-state index in [1.165, 1.54) is 30.6 Å². The molecule has 0 aliphatic rings. The predicted molar refractivity (Wildman–Crippen MR) is 52.7 cm³/mol. The lowest BCUT2D eigenvalue weighted by molar-refractivity contribution is -0.384. The smallest absolute Gasteiger partial charge is 0.258 e. The molecule has 0 fully saturated rings. The fraction of sp³-hybridized carbons (Fsp3) is 0. The standard InChI is InChI=1S/C9H5N5O2/c10-6-7-2-1-3-8(14(15)16)9(7)13-11-4-5-12-13/h1-5H. The molecule has 0 saturated heterocycles. The van der Waals surface area contributed by atoms with E-state index in [4.69, 9.17) is 5.26 Å². The molecule has 0 N–H and O–H groups in total. The summed E-state index contributed by atoms with van der Waals surface area (Å²) in [7, 11) is 0. The Morgan fingerprint density at radius 1 is 1.38 bits per heavy atom. The molecule has 0 spiro atoms. The lowest BCUT2D eigenvalue weighted by Gasteiger charge is -2.02. The Morgan fingerprint density at radius 2 is 2.06 bits per heavy atom. The third-order valence-electron chi connectivity index (χ3n) is 1.95. The number of hydrogen-bond donors (Lipinski definition) is 0. The van der Waals surface area contributed by atoms with Crippen LogP contribution in [0, 0.1) is 21.4 Å². The monoisotopic (exact) mass is 215 g/mol. The average molecular weight is 215 g/mol. The van der Waals surface area contributed by atoms with Gasteiger partial charge in [-0.1, -0.05) is 6.07 Å². The first-order valence-corrected chi connectivity index (χ1v) is 4.28. The van der Waals surface area contributed by atoms with Gasteiger partial charge in [0.1, 0.15) is 6.07 Å². The molecule has 1 heterocycles. The fourth-order valence-corrected chi connectivity index (χ4v) is 1.31. The highest BCUT2D eigenvalue weighted by Gasteiger charge is 2.20. The van der Waals surface area contributed by atoms with Crippen molar-refractivity contribution in [1.82, 2.24) is 15.0 Å². The van der Waals surface area contributed by atoms with E-state index < -0.39 is 4.92 Å². The van der Waals surface area contributed by atoms with Gasteiger partial charge in [-0.05, 0) is 6.07 Å². The molecular weight excluding hydrogens is 210 g/mol. The van der Waals surface area contributed by atoms with Gasteiger partial charge < -0.3 is 0 Å². The van der Waals surface area contributed by atoms with Gasteiger partial charge in [0.05, 0.1) is 22.9 Å². The highest BCUT2D eigenvalue weighted by molar-refractivity contribution is 5.60. The van der Waals surface area contributed by atoms with Crippen LogP contribution in [0.4, 0.5) is 5.69 Å². The molecular formula is C9H5N5O2. The predicted octanol–water partition coefficient (Wildman–Crippen LogP) is 1.05.